The lowest BCUT2D eigenvalue weighted by molar-refractivity contribution is 0.768. The van der Waals surface area contributed by atoms with Crippen molar-refractivity contribution in [2.24, 2.45) is 7.05 Å². The Bertz CT molecular complexity index is 432. The number of hydrogen-bond donors (Lipinski definition) is 1. The number of nitrogens with one attached hydrogen (secondary N) is 1. The van der Waals surface area contributed by atoms with Crippen LogP contribution in [0.1, 0.15) is 0 Å². The van der Waals surface area contributed by atoms with Gasteiger partial charge in [0.15, 0.2) is 0 Å². The second-order valence-corrected chi connectivity index (χ2v) is 3.23. The van der Waals surface area contributed by atoms with E-state index in [-0.39, 0.29) is 0 Å². The van der Waals surface area contributed by atoms with Crippen molar-refractivity contribution >= 4 is 5.69 Å². The Labute approximate surface area is 83.4 Å². The fourth-order valence-corrected chi connectivity index (χ4v) is 1.42. The molecule has 2 aromatic rings. The molecule has 0 radical (unpaired) electrons. The average Bonchev–Trinajstić information content (AvgIpc) is 2.65. The van der Waals surface area contributed by atoms with E-state index in [2.05, 4.69) is 22.5 Å². The van der Waals surface area contributed by atoms with Crippen molar-refractivity contribution in [3.63, 3.8) is 0 Å². The highest BCUT2D eigenvalue weighted by molar-refractivity contribution is 5.66. The van der Waals surface area contributed by atoms with Gasteiger partial charge in [-0.15, -0.1) is 0 Å². The highest BCUT2D eigenvalue weighted by Gasteiger charge is 1.99. The minimum Gasteiger partial charge on any atom is -0.388 e. The number of rotatable bonds is 2. The van der Waals surface area contributed by atoms with Crippen molar-refractivity contribution in [1.82, 2.24) is 9.78 Å². The molecule has 72 valence electrons. The highest BCUT2D eigenvalue weighted by atomic mass is 15.2. The van der Waals surface area contributed by atoms with Gasteiger partial charge in [0.1, 0.15) is 0 Å². The molecule has 0 aliphatic rings. The molecule has 0 bridgehead atoms. The summed E-state index contributed by atoms with van der Waals surface area (Å²) in [7, 11) is 3.84. The van der Waals surface area contributed by atoms with E-state index >= 15 is 0 Å². The minimum absolute atomic E-state index is 1.12. The molecule has 0 saturated carbocycles. The molecule has 3 nitrogen and oxygen atoms in total. The summed E-state index contributed by atoms with van der Waals surface area (Å²) >= 11 is 0. The van der Waals surface area contributed by atoms with E-state index in [1.165, 1.54) is 5.56 Å². The molecule has 0 unspecified atom stereocenters. The van der Waals surface area contributed by atoms with Gasteiger partial charge in [-0.3, -0.25) is 4.68 Å². The Morgan fingerprint density at radius 2 is 2.14 bits per heavy atom. The van der Waals surface area contributed by atoms with Crippen LogP contribution in [0.4, 0.5) is 5.69 Å². The highest BCUT2D eigenvalue weighted by Crippen LogP contribution is 2.21. The third-order valence-electron chi connectivity index (χ3n) is 2.19. The number of anilines is 1. The van der Waals surface area contributed by atoms with Gasteiger partial charge in [-0.05, 0) is 17.7 Å². The van der Waals surface area contributed by atoms with Crippen molar-refractivity contribution in [2.75, 3.05) is 12.4 Å². The third kappa shape index (κ3) is 1.62. The van der Waals surface area contributed by atoms with E-state index in [0.717, 1.165) is 11.3 Å². The monoisotopic (exact) mass is 187 g/mol. The van der Waals surface area contributed by atoms with Crippen LogP contribution in [0.5, 0.6) is 0 Å². The lowest BCUT2D eigenvalue weighted by Gasteiger charge is -2.01. The quantitative estimate of drug-likeness (QED) is 0.780. The lowest BCUT2D eigenvalue weighted by Crippen LogP contribution is -1.87. The van der Waals surface area contributed by atoms with Crippen molar-refractivity contribution in [3.8, 4) is 11.1 Å². The van der Waals surface area contributed by atoms with E-state index in [0.29, 0.717) is 0 Å². The van der Waals surface area contributed by atoms with E-state index in [4.69, 9.17) is 0 Å². The molecule has 1 N–H and O–H groups in total. The second-order valence-electron chi connectivity index (χ2n) is 3.23. The van der Waals surface area contributed by atoms with Crippen LogP contribution in [0.3, 0.4) is 0 Å². The number of hydrogen-bond acceptors (Lipinski definition) is 2. The van der Waals surface area contributed by atoms with Gasteiger partial charge in [0.2, 0.25) is 0 Å². The van der Waals surface area contributed by atoms with Crippen LogP contribution in [0.2, 0.25) is 0 Å². The molecule has 0 fully saturated rings. The fraction of sp³-hybridized carbons (Fsp3) is 0.182. The van der Waals surface area contributed by atoms with Gasteiger partial charge in [0.05, 0.1) is 6.20 Å². The van der Waals surface area contributed by atoms with Gasteiger partial charge >= 0.3 is 0 Å². The summed E-state index contributed by atoms with van der Waals surface area (Å²) in [6.07, 6.45) is 3.88. The summed E-state index contributed by atoms with van der Waals surface area (Å²) in [5.74, 6) is 0. The van der Waals surface area contributed by atoms with Crippen LogP contribution in [0.15, 0.2) is 36.7 Å². The molecule has 0 aliphatic heterocycles. The molecule has 14 heavy (non-hydrogen) atoms. The zero-order valence-electron chi connectivity index (χ0n) is 8.36. The van der Waals surface area contributed by atoms with Crippen LogP contribution >= 0.6 is 0 Å². The topological polar surface area (TPSA) is 29.9 Å². The maximum Gasteiger partial charge on any atom is 0.0568 e. The number of benzene rings is 1. The fourth-order valence-electron chi connectivity index (χ4n) is 1.42. The Morgan fingerprint density at radius 3 is 2.79 bits per heavy atom. The molecular weight excluding hydrogens is 174 g/mol. The van der Waals surface area contributed by atoms with Gasteiger partial charge in [-0.25, -0.2) is 0 Å². The first-order chi connectivity index (χ1) is 6.79. The predicted octanol–water partition coefficient (Wildman–Crippen LogP) is 2.13. The first-order valence-corrected chi connectivity index (χ1v) is 4.56. The van der Waals surface area contributed by atoms with E-state index < -0.39 is 0 Å². The molecular formula is C11H13N3. The summed E-state index contributed by atoms with van der Waals surface area (Å²) in [5, 5.41) is 7.26. The van der Waals surface area contributed by atoms with Crippen LogP contribution in [0.25, 0.3) is 11.1 Å². The maximum absolute atomic E-state index is 4.14. The average molecular weight is 187 g/mol. The van der Waals surface area contributed by atoms with Crippen LogP contribution in [-0.2, 0) is 7.05 Å². The Kier molecular flexibility index (Phi) is 2.23. The standard InChI is InChI=1S/C11H13N3/c1-12-11-5-3-4-9(6-11)10-7-13-14(2)8-10/h3-8,12H,1-2H3. The molecule has 0 amide bonds. The molecule has 0 aliphatic carbocycles. The molecule has 0 spiro atoms. The van der Waals surface area contributed by atoms with Gasteiger partial charge in [0, 0.05) is 31.5 Å². The first kappa shape index (κ1) is 8.81. The van der Waals surface area contributed by atoms with Crippen LogP contribution in [0, 0.1) is 0 Å². The second kappa shape index (κ2) is 3.54. The first-order valence-electron chi connectivity index (χ1n) is 4.56. The maximum atomic E-state index is 4.14. The van der Waals surface area contributed by atoms with Crippen molar-refractivity contribution in [2.45, 2.75) is 0 Å². The molecule has 1 heterocycles. The van der Waals surface area contributed by atoms with Gasteiger partial charge in [-0.2, -0.15) is 5.10 Å². The number of aryl methyl sites for hydroxylation is 1. The normalized spacial score (nSPS) is 10.1. The lowest BCUT2D eigenvalue weighted by atomic mass is 10.1. The summed E-state index contributed by atoms with van der Waals surface area (Å²) in [6.45, 7) is 0. The summed E-state index contributed by atoms with van der Waals surface area (Å²) in [4.78, 5) is 0. The zero-order chi connectivity index (χ0) is 9.97. The van der Waals surface area contributed by atoms with Crippen molar-refractivity contribution < 1.29 is 0 Å². The third-order valence-corrected chi connectivity index (χ3v) is 2.19. The molecule has 0 atom stereocenters. The zero-order valence-corrected chi connectivity index (χ0v) is 8.36. The molecule has 1 aromatic heterocycles. The summed E-state index contributed by atoms with van der Waals surface area (Å²) < 4.78 is 1.81. The number of aromatic nitrogens is 2. The molecule has 0 saturated heterocycles. The van der Waals surface area contributed by atoms with E-state index in [1.807, 2.05) is 38.6 Å². The SMILES string of the molecule is CNc1cccc(-c2cnn(C)c2)c1. The minimum atomic E-state index is 1.12. The largest absolute Gasteiger partial charge is 0.388 e. The van der Waals surface area contributed by atoms with Crippen molar-refractivity contribution in [1.29, 1.82) is 0 Å². The van der Waals surface area contributed by atoms with Crippen LogP contribution in [-0.4, -0.2) is 16.8 Å². The van der Waals surface area contributed by atoms with Crippen molar-refractivity contribution in [3.05, 3.63) is 36.7 Å². The molecule has 3 heteroatoms. The van der Waals surface area contributed by atoms with E-state index in [1.54, 1.807) is 4.68 Å². The Hall–Kier alpha value is -1.77. The predicted molar refractivity (Wildman–Crippen MR) is 58.2 cm³/mol. The molecule has 2 rings (SSSR count). The smallest absolute Gasteiger partial charge is 0.0568 e. The Balaban J connectivity index is 2.41. The van der Waals surface area contributed by atoms with Gasteiger partial charge < -0.3 is 5.32 Å². The molecule has 1 aromatic carbocycles. The Morgan fingerprint density at radius 1 is 1.29 bits per heavy atom. The summed E-state index contributed by atoms with van der Waals surface area (Å²) in [6, 6.07) is 8.27. The van der Waals surface area contributed by atoms with Gasteiger partial charge in [-0.1, -0.05) is 12.1 Å². The van der Waals surface area contributed by atoms with Gasteiger partial charge in [0.25, 0.3) is 0 Å². The summed E-state index contributed by atoms with van der Waals surface area (Å²) in [5.41, 5.74) is 3.45. The number of nitrogens with zero attached hydrogens (tertiary/aromatic N) is 2. The van der Waals surface area contributed by atoms with E-state index in [9.17, 15) is 0 Å². The van der Waals surface area contributed by atoms with Crippen LogP contribution < -0.4 is 5.32 Å².